The third-order valence-corrected chi connectivity index (χ3v) is 4.44. The van der Waals surface area contributed by atoms with Gasteiger partial charge in [-0.15, -0.1) is 0 Å². The van der Waals surface area contributed by atoms with Gasteiger partial charge < -0.3 is 15.3 Å². The molecule has 1 unspecified atom stereocenters. The Hall–Kier alpha value is -1.88. The molecule has 2 N–H and O–H groups in total. The fraction of sp³-hybridized carbons (Fsp3) is 0.529. The van der Waals surface area contributed by atoms with Crippen molar-refractivity contribution in [1.29, 1.82) is 0 Å². The maximum Gasteiger partial charge on any atom is 0.251 e. The quantitative estimate of drug-likeness (QED) is 0.840. The molecule has 1 aliphatic carbocycles. The van der Waals surface area contributed by atoms with Crippen LogP contribution in [0.4, 0.5) is 5.69 Å². The van der Waals surface area contributed by atoms with E-state index in [9.17, 15) is 9.59 Å². The number of benzene rings is 1. The molecule has 1 aromatic carbocycles. The zero-order valence-electron chi connectivity index (χ0n) is 12.6. The molecule has 2 aliphatic rings. The molecule has 118 valence electrons. The molecule has 2 amide bonds. The highest BCUT2D eigenvalue weighted by molar-refractivity contribution is 5.99. The van der Waals surface area contributed by atoms with E-state index in [0.29, 0.717) is 24.3 Å². The van der Waals surface area contributed by atoms with Crippen LogP contribution in [0.25, 0.3) is 0 Å². The number of hydrogen-bond donors (Lipinski definition) is 2. The Morgan fingerprint density at radius 3 is 2.86 bits per heavy atom. The standard InChI is InChI=1S/C17H22N2O3/c20-10-8-15(12-6-7-12)18-17(22)13-3-1-4-14(11-13)19-9-2-5-16(19)21/h1,3-4,11-12,15,20H,2,5-10H2,(H,18,22). The van der Waals surface area contributed by atoms with Crippen molar-refractivity contribution >= 4 is 17.5 Å². The molecule has 5 nitrogen and oxygen atoms in total. The van der Waals surface area contributed by atoms with Gasteiger partial charge in [0, 0.05) is 36.9 Å². The van der Waals surface area contributed by atoms with Crippen molar-refractivity contribution in [2.24, 2.45) is 5.92 Å². The van der Waals surface area contributed by atoms with Crippen LogP contribution in [0.15, 0.2) is 24.3 Å². The smallest absolute Gasteiger partial charge is 0.251 e. The van der Waals surface area contributed by atoms with Crippen LogP contribution in [-0.4, -0.2) is 36.1 Å². The van der Waals surface area contributed by atoms with Crippen LogP contribution >= 0.6 is 0 Å². The second kappa shape index (κ2) is 6.48. The van der Waals surface area contributed by atoms with Crippen molar-refractivity contribution in [1.82, 2.24) is 5.32 Å². The molecular weight excluding hydrogens is 280 g/mol. The maximum atomic E-state index is 12.4. The maximum absolute atomic E-state index is 12.4. The minimum absolute atomic E-state index is 0.0505. The minimum atomic E-state index is -0.126. The van der Waals surface area contributed by atoms with Gasteiger partial charge in [0.25, 0.3) is 5.91 Å². The number of anilines is 1. The first-order valence-electron chi connectivity index (χ1n) is 8.01. The molecule has 0 radical (unpaired) electrons. The van der Waals surface area contributed by atoms with Gasteiger partial charge in [0.2, 0.25) is 5.91 Å². The van der Waals surface area contributed by atoms with E-state index in [1.165, 1.54) is 0 Å². The number of aliphatic hydroxyl groups is 1. The summed E-state index contributed by atoms with van der Waals surface area (Å²) in [7, 11) is 0. The van der Waals surface area contributed by atoms with E-state index >= 15 is 0 Å². The van der Waals surface area contributed by atoms with Gasteiger partial charge in [-0.05, 0) is 49.8 Å². The van der Waals surface area contributed by atoms with Gasteiger partial charge in [0.15, 0.2) is 0 Å². The van der Waals surface area contributed by atoms with E-state index < -0.39 is 0 Å². The van der Waals surface area contributed by atoms with Crippen LogP contribution in [0.3, 0.4) is 0 Å². The molecule has 2 fully saturated rings. The Kier molecular flexibility index (Phi) is 4.43. The summed E-state index contributed by atoms with van der Waals surface area (Å²) in [6, 6.07) is 7.28. The van der Waals surface area contributed by atoms with E-state index in [0.717, 1.165) is 31.5 Å². The van der Waals surface area contributed by atoms with Crippen molar-refractivity contribution in [2.75, 3.05) is 18.1 Å². The number of carbonyl (C=O) groups is 2. The summed E-state index contributed by atoms with van der Waals surface area (Å²) in [4.78, 5) is 26.0. The van der Waals surface area contributed by atoms with Gasteiger partial charge in [-0.1, -0.05) is 6.07 Å². The van der Waals surface area contributed by atoms with Crippen molar-refractivity contribution in [3.63, 3.8) is 0 Å². The van der Waals surface area contributed by atoms with Gasteiger partial charge in [0.05, 0.1) is 0 Å². The van der Waals surface area contributed by atoms with E-state index in [-0.39, 0.29) is 24.5 Å². The SMILES string of the molecule is O=C(NC(CCO)C1CC1)c1cccc(N2CCCC2=O)c1. The molecule has 3 rings (SSSR count). The fourth-order valence-electron chi connectivity index (χ4n) is 3.05. The normalized spacial score (nSPS) is 19.3. The van der Waals surface area contributed by atoms with Crippen molar-refractivity contribution < 1.29 is 14.7 Å². The molecule has 22 heavy (non-hydrogen) atoms. The second-order valence-electron chi connectivity index (χ2n) is 6.13. The predicted molar refractivity (Wildman–Crippen MR) is 83.7 cm³/mol. The number of nitrogens with one attached hydrogen (secondary N) is 1. The average Bonchev–Trinajstić information content (AvgIpc) is 3.28. The Bertz CT molecular complexity index is 569. The lowest BCUT2D eigenvalue weighted by atomic mass is 10.1. The van der Waals surface area contributed by atoms with Crippen LogP contribution in [0.2, 0.25) is 0 Å². The molecule has 1 aromatic rings. The van der Waals surface area contributed by atoms with Gasteiger partial charge in [-0.2, -0.15) is 0 Å². The van der Waals surface area contributed by atoms with Gasteiger partial charge in [-0.3, -0.25) is 9.59 Å². The molecule has 1 saturated heterocycles. The highest BCUT2D eigenvalue weighted by Crippen LogP contribution is 2.34. The molecule has 0 aromatic heterocycles. The van der Waals surface area contributed by atoms with Crippen LogP contribution in [0.5, 0.6) is 0 Å². The van der Waals surface area contributed by atoms with Crippen molar-refractivity contribution in [2.45, 2.75) is 38.1 Å². The van der Waals surface area contributed by atoms with Crippen molar-refractivity contribution in [3.05, 3.63) is 29.8 Å². The third-order valence-electron chi connectivity index (χ3n) is 4.44. The molecule has 1 aliphatic heterocycles. The largest absolute Gasteiger partial charge is 0.396 e. The molecule has 0 spiro atoms. The Morgan fingerprint density at radius 1 is 1.41 bits per heavy atom. The number of amides is 2. The fourth-order valence-corrected chi connectivity index (χ4v) is 3.05. The van der Waals surface area contributed by atoms with Gasteiger partial charge >= 0.3 is 0 Å². The Labute approximate surface area is 130 Å². The first kappa shape index (κ1) is 15.0. The number of hydrogen-bond acceptors (Lipinski definition) is 3. The van der Waals surface area contributed by atoms with Gasteiger partial charge in [0.1, 0.15) is 0 Å². The zero-order valence-corrected chi connectivity index (χ0v) is 12.6. The predicted octanol–water partition coefficient (Wildman–Crippen LogP) is 1.70. The van der Waals surface area contributed by atoms with Crippen LogP contribution < -0.4 is 10.2 Å². The number of carbonyl (C=O) groups excluding carboxylic acids is 2. The molecule has 0 bridgehead atoms. The van der Waals surface area contributed by atoms with Crippen LogP contribution in [0, 0.1) is 5.92 Å². The second-order valence-corrected chi connectivity index (χ2v) is 6.13. The Balaban J connectivity index is 1.70. The lowest BCUT2D eigenvalue weighted by molar-refractivity contribution is -0.117. The van der Waals surface area contributed by atoms with E-state index in [1.54, 1.807) is 17.0 Å². The summed E-state index contributed by atoms with van der Waals surface area (Å²) in [6.45, 7) is 0.808. The highest BCUT2D eigenvalue weighted by Gasteiger charge is 2.32. The van der Waals surface area contributed by atoms with E-state index in [4.69, 9.17) is 5.11 Å². The average molecular weight is 302 g/mol. The third kappa shape index (κ3) is 3.30. The van der Waals surface area contributed by atoms with E-state index in [1.807, 2.05) is 12.1 Å². The number of nitrogens with zero attached hydrogens (tertiary/aromatic N) is 1. The van der Waals surface area contributed by atoms with Gasteiger partial charge in [-0.25, -0.2) is 0 Å². The summed E-state index contributed by atoms with van der Waals surface area (Å²) < 4.78 is 0. The van der Waals surface area contributed by atoms with E-state index in [2.05, 4.69) is 5.32 Å². The first-order valence-corrected chi connectivity index (χ1v) is 8.01. The minimum Gasteiger partial charge on any atom is -0.396 e. The summed E-state index contributed by atoms with van der Waals surface area (Å²) >= 11 is 0. The summed E-state index contributed by atoms with van der Waals surface area (Å²) in [5.74, 6) is 0.493. The summed E-state index contributed by atoms with van der Waals surface area (Å²) in [5, 5.41) is 12.1. The number of aliphatic hydroxyl groups excluding tert-OH is 1. The zero-order chi connectivity index (χ0) is 15.5. The summed E-state index contributed by atoms with van der Waals surface area (Å²) in [5.41, 5.74) is 1.36. The van der Waals surface area contributed by atoms with Crippen molar-refractivity contribution in [3.8, 4) is 0 Å². The molecular formula is C17H22N2O3. The van der Waals surface area contributed by atoms with Crippen LogP contribution in [0.1, 0.15) is 42.5 Å². The molecule has 1 atom stereocenters. The lowest BCUT2D eigenvalue weighted by Crippen LogP contribution is -2.37. The molecule has 1 heterocycles. The molecule has 1 saturated carbocycles. The van der Waals surface area contributed by atoms with Crippen LogP contribution in [-0.2, 0) is 4.79 Å². The highest BCUT2D eigenvalue weighted by atomic mass is 16.3. The Morgan fingerprint density at radius 2 is 2.23 bits per heavy atom. The first-order chi connectivity index (χ1) is 10.7. The monoisotopic (exact) mass is 302 g/mol. The summed E-state index contributed by atoms with van der Waals surface area (Å²) in [6.07, 6.45) is 4.29. The number of rotatable bonds is 6. The lowest BCUT2D eigenvalue weighted by Gasteiger charge is -2.19. The topological polar surface area (TPSA) is 69.6 Å². The molecule has 5 heteroatoms.